The van der Waals surface area contributed by atoms with Gasteiger partial charge in [-0.25, -0.2) is 0 Å². The van der Waals surface area contributed by atoms with Crippen LogP contribution in [0.3, 0.4) is 0 Å². The summed E-state index contributed by atoms with van der Waals surface area (Å²) in [5.41, 5.74) is 0. The molecular formula is C7H10Cl6O. The molecule has 0 aromatic carbocycles. The van der Waals surface area contributed by atoms with Crippen molar-refractivity contribution in [2.24, 2.45) is 0 Å². The molecule has 0 bridgehead atoms. The van der Waals surface area contributed by atoms with E-state index in [-0.39, 0.29) is 0 Å². The molecule has 0 spiro atoms. The minimum atomic E-state index is -0.437. The first-order valence-corrected chi connectivity index (χ1v) is 6.38. The van der Waals surface area contributed by atoms with Gasteiger partial charge in [-0.3, -0.25) is 0 Å². The molecule has 0 aliphatic heterocycles. The first-order chi connectivity index (χ1) is 6.46. The van der Waals surface area contributed by atoms with Gasteiger partial charge in [-0.15, -0.1) is 69.6 Å². The molecule has 1 saturated carbocycles. The van der Waals surface area contributed by atoms with Gasteiger partial charge in [0, 0.05) is 7.11 Å². The van der Waals surface area contributed by atoms with Crippen molar-refractivity contribution in [3.05, 3.63) is 0 Å². The van der Waals surface area contributed by atoms with Gasteiger partial charge in [0.05, 0.1) is 32.3 Å². The first-order valence-electron chi connectivity index (χ1n) is 3.76. The standard InChI is InChI=1S/C6H6Cl6.CH4O/c7-1-2(8)4(10)6(12)5(11)3(1)9;1-2/h1-6H;2H,1H3/t1-,2-,3-,4+,5+,6+;. The smallest absolute Gasteiger partial charge is 0.0693 e. The molecule has 1 N–H and O–H groups in total. The van der Waals surface area contributed by atoms with Crippen LogP contribution < -0.4 is 0 Å². The predicted molar refractivity (Wildman–Crippen MR) is 66.0 cm³/mol. The predicted octanol–water partition coefficient (Wildman–Crippen LogP) is 3.25. The molecule has 1 nitrogen and oxygen atoms in total. The van der Waals surface area contributed by atoms with Gasteiger partial charge < -0.3 is 5.11 Å². The Morgan fingerprint density at radius 1 is 0.500 bits per heavy atom. The summed E-state index contributed by atoms with van der Waals surface area (Å²) in [5.74, 6) is 0. The monoisotopic (exact) mass is 320 g/mol. The van der Waals surface area contributed by atoms with Crippen molar-refractivity contribution in [3.8, 4) is 0 Å². The van der Waals surface area contributed by atoms with E-state index in [9.17, 15) is 0 Å². The van der Waals surface area contributed by atoms with Gasteiger partial charge in [-0.2, -0.15) is 0 Å². The first kappa shape index (κ1) is 15.7. The number of hydrogen-bond acceptors (Lipinski definition) is 1. The van der Waals surface area contributed by atoms with E-state index in [0.717, 1.165) is 7.11 Å². The Bertz CT molecular complexity index is 110. The summed E-state index contributed by atoms with van der Waals surface area (Å²) in [7, 11) is 1.00. The second kappa shape index (κ2) is 7.11. The van der Waals surface area contributed by atoms with Crippen molar-refractivity contribution in [2.45, 2.75) is 32.3 Å². The number of alkyl halides is 6. The molecule has 0 atom stereocenters. The lowest BCUT2D eigenvalue weighted by Gasteiger charge is -2.37. The van der Waals surface area contributed by atoms with E-state index >= 15 is 0 Å². The van der Waals surface area contributed by atoms with E-state index in [2.05, 4.69) is 0 Å². The van der Waals surface area contributed by atoms with Crippen LogP contribution in [0, 0.1) is 0 Å². The van der Waals surface area contributed by atoms with Crippen molar-refractivity contribution in [1.29, 1.82) is 0 Å². The maximum atomic E-state index is 7.00. The normalized spacial score (nSPS) is 48.0. The molecule has 0 saturated heterocycles. The molecular weight excluding hydrogens is 313 g/mol. The summed E-state index contributed by atoms with van der Waals surface area (Å²) in [5, 5.41) is 4.38. The highest BCUT2D eigenvalue weighted by Crippen LogP contribution is 2.39. The Labute approximate surface area is 114 Å². The fourth-order valence-corrected chi connectivity index (χ4v) is 3.38. The van der Waals surface area contributed by atoms with Gasteiger partial charge >= 0.3 is 0 Å². The molecule has 7 heteroatoms. The van der Waals surface area contributed by atoms with E-state index in [1.165, 1.54) is 0 Å². The molecule has 1 aliphatic rings. The summed E-state index contributed by atoms with van der Waals surface area (Å²) < 4.78 is 0. The van der Waals surface area contributed by atoms with Crippen LogP contribution in [0.2, 0.25) is 0 Å². The quantitative estimate of drug-likeness (QED) is 0.679. The molecule has 0 unspecified atom stereocenters. The molecule has 0 aromatic rings. The number of aliphatic hydroxyl groups excluding tert-OH is 1. The molecule has 1 aliphatic carbocycles. The van der Waals surface area contributed by atoms with Gasteiger partial charge in [0.15, 0.2) is 0 Å². The van der Waals surface area contributed by atoms with Crippen LogP contribution in [0.4, 0.5) is 0 Å². The third-order valence-electron chi connectivity index (χ3n) is 1.83. The fourth-order valence-electron chi connectivity index (χ4n) is 1.05. The zero-order chi connectivity index (χ0) is 11.5. The Morgan fingerprint density at radius 2 is 0.571 bits per heavy atom. The van der Waals surface area contributed by atoms with Gasteiger partial charge in [0.25, 0.3) is 0 Å². The molecule has 0 amide bonds. The van der Waals surface area contributed by atoms with Crippen LogP contribution >= 0.6 is 69.6 Å². The maximum Gasteiger partial charge on any atom is 0.0693 e. The maximum absolute atomic E-state index is 7.00. The van der Waals surface area contributed by atoms with Gasteiger partial charge in [0.2, 0.25) is 0 Å². The van der Waals surface area contributed by atoms with Crippen LogP contribution in [0.15, 0.2) is 0 Å². The Hall–Kier alpha value is 1.70. The Morgan fingerprint density at radius 3 is 0.643 bits per heavy atom. The molecule has 0 radical (unpaired) electrons. The highest BCUT2D eigenvalue weighted by atomic mass is 35.5. The Kier molecular flexibility index (Phi) is 7.97. The Balaban J connectivity index is 0.000000791. The van der Waals surface area contributed by atoms with E-state index in [0.29, 0.717) is 0 Å². The SMILES string of the molecule is CO.Cl[C@H]1[C@H](Cl)[C@@H](Cl)[C@@H](Cl)[C@H](Cl)[C@H]1Cl. The van der Waals surface area contributed by atoms with Crippen molar-refractivity contribution in [2.75, 3.05) is 7.11 Å². The zero-order valence-electron chi connectivity index (χ0n) is 7.18. The molecule has 86 valence electrons. The minimum absolute atomic E-state index is 0.437. The lowest BCUT2D eigenvalue weighted by molar-refractivity contribution is 0.399. The van der Waals surface area contributed by atoms with E-state index in [1.54, 1.807) is 0 Å². The number of hydrogen-bond donors (Lipinski definition) is 1. The third kappa shape index (κ3) is 3.35. The fraction of sp³-hybridized carbons (Fsp3) is 1.00. The number of aliphatic hydroxyl groups is 1. The topological polar surface area (TPSA) is 20.2 Å². The van der Waals surface area contributed by atoms with Crippen LogP contribution in [-0.2, 0) is 0 Å². The van der Waals surface area contributed by atoms with Crippen LogP contribution in [-0.4, -0.2) is 44.5 Å². The van der Waals surface area contributed by atoms with Crippen molar-refractivity contribution >= 4 is 69.6 Å². The number of halogens is 6. The molecule has 1 fully saturated rings. The lowest BCUT2D eigenvalue weighted by Crippen LogP contribution is -2.52. The van der Waals surface area contributed by atoms with Crippen LogP contribution in [0.5, 0.6) is 0 Å². The molecule has 0 aromatic heterocycles. The van der Waals surface area contributed by atoms with Gasteiger partial charge in [0.1, 0.15) is 0 Å². The highest BCUT2D eigenvalue weighted by molar-refractivity contribution is 6.45. The zero-order valence-corrected chi connectivity index (χ0v) is 11.7. The average molecular weight is 323 g/mol. The van der Waals surface area contributed by atoms with Crippen LogP contribution in [0.1, 0.15) is 0 Å². The van der Waals surface area contributed by atoms with E-state index < -0.39 is 32.3 Å². The van der Waals surface area contributed by atoms with Gasteiger partial charge in [-0.1, -0.05) is 0 Å². The summed E-state index contributed by atoms with van der Waals surface area (Å²) in [4.78, 5) is 0. The minimum Gasteiger partial charge on any atom is -0.400 e. The lowest BCUT2D eigenvalue weighted by atomic mass is 9.97. The van der Waals surface area contributed by atoms with E-state index in [1.807, 2.05) is 0 Å². The highest BCUT2D eigenvalue weighted by Gasteiger charge is 2.46. The second-order valence-electron chi connectivity index (χ2n) is 2.67. The second-order valence-corrected chi connectivity index (χ2v) is 5.69. The summed E-state index contributed by atoms with van der Waals surface area (Å²) in [6, 6.07) is 0. The molecule has 1 rings (SSSR count). The summed E-state index contributed by atoms with van der Waals surface area (Å²) >= 11 is 35.3. The molecule has 0 heterocycles. The van der Waals surface area contributed by atoms with Crippen molar-refractivity contribution < 1.29 is 5.11 Å². The molecule has 14 heavy (non-hydrogen) atoms. The van der Waals surface area contributed by atoms with Crippen molar-refractivity contribution in [3.63, 3.8) is 0 Å². The summed E-state index contributed by atoms with van der Waals surface area (Å²) in [6.07, 6.45) is 0. The number of rotatable bonds is 0. The average Bonchev–Trinajstić information content (AvgIpc) is 2.24. The van der Waals surface area contributed by atoms with E-state index in [4.69, 9.17) is 74.7 Å². The van der Waals surface area contributed by atoms with Crippen LogP contribution in [0.25, 0.3) is 0 Å². The van der Waals surface area contributed by atoms with Gasteiger partial charge in [-0.05, 0) is 0 Å². The largest absolute Gasteiger partial charge is 0.400 e. The summed E-state index contributed by atoms with van der Waals surface area (Å²) in [6.45, 7) is 0. The third-order valence-corrected chi connectivity index (χ3v) is 5.86. The van der Waals surface area contributed by atoms with Crippen molar-refractivity contribution in [1.82, 2.24) is 0 Å².